The summed E-state index contributed by atoms with van der Waals surface area (Å²) in [4.78, 5) is 12.8. The van der Waals surface area contributed by atoms with Gasteiger partial charge in [-0.15, -0.1) is 0 Å². The van der Waals surface area contributed by atoms with Crippen LogP contribution in [0, 0.1) is 0 Å². The second-order valence-electron chi connectivity index (χ2n) is 9.21. The van der Waals surface area contributed by atoms with Gasteiger partial charge in [0.05, 0.1) is 17.9 Å². The summed E-state index contributed by atoms with van der Waals surface area (Å²) in [6.07, 6.45) is 0.706. The second-order valence-corrected chi connectivity index (χ2v) is 11.3. The third-order valence-electron chi connectivity index (χ3n) is 6.16. The number of hydrogen-bond donors (Lipinski definition) is 3. The van der Waals surface area contributed by atoms with Crippen LogP contribution in [0.1, 0.15) is 44.2 Å². The van der Waals surface area contributed by atoms with Gasteiger partial charge in [0.25, 0.3) is 0 Å². The van der Waals surface area contributed by atoms with Crippen LogP contribution in [0.4, 0.5) is 0 Å². The minimum Gasteiger partial charge on any atom is -0.454 e. The van der Waals surface area contributed by atoms with E-state index in [9.17, 15) is 18.3 Å². The number of ether oxygens (including phenoxy) is 2. The van der Waals surface area contributed by atoms with Crippen LogP contribution in [0.2, 0.25) is 0 Å². The normalized spacial score (nSPS) is 14.5. The summed E-state index contributed by atoms with van der Waals surface area (Å²) in [7, 11) is -3.54. The average Bonchev–Trinajstić information content (AvgIpc) is 3.35. The van der Waals surface area contributed by atoms with Crippen molar-refractivity contribution in [1.29, 1.82) is 0 Å². The minimum atomic E-state index is -3.54. The van der Waals surface area contributed by atoms with Crippen LogP contribution in [0.25, 0.3) is 0 Å². The van der Waals surface area contributed by atoms with Gasteiger partial charge in [-0.2, -0.15) is 0 Å². The predicted octanol–water partition coefficient (Wildman–Crippen LogP) is 2.44. The van der Waals surface area contributed by atoms with Crippen molar-refractivity contribution in [2.24, 2.45) is 0 Å². The summed E-state index contributed by atoms with van der Waals surface area (Å²) in [5.41, 5.74) is 1.95. The summed E-state index contributed by atoms with van der Waals surface area (Å²) in [5.74, 6) is 0.600. The Labute approximate surface area is 220 Å². The van der Waals surface area contributed by atoms with E-state index in [1.54, 1.807) is 6.07 Å². The number of nitrogens with zero attached hydrogens (tertiary/aromatic N) is 1. The molecule has 3 rings (SSSR count). The number of aliphatic hydroxyl groups excluding tert-OH is 1. The van der Waals surface area contributed by atoms with E-state index < -0.39 is 28.1 Å². The summed E-state index contributed by atoms with van der Waals surface area (Å²) >= 11 is 0. The summed E-state index contributed by atoms with van der Waals surface area (Å²) < 4.78 is 37.8. The van der Waals surface area contributed by atoms with Gasteiger partial charge in [0.1, 0.15) is 0 Å². The first kappa shape index (κ1) is 28.9. The van der Waals surface area contributed by atoms with Crippen LogP contribution >= 0.6 is 0 Å². The van der Waals surface area contributed by atoms with E-state index in [1.807, 2.05) is 56.3 Å². The molecule has 0 fully saturated rings. The first-order chi connectivity index (χ1) is 17.8. The Bertz CT molecular complexity index is 1090. The van der Waals surface area contributed by atoms with Gasteiger partial charge in [0.15, 0.2) is 11.5 Å². The topological polar surface area (TPSA) is 117 Å². The standard InChI is InChI=1S/C27H39N3O6S/c1-3-13-30(14-4-2)37(33,34)15-12-27(32)29-23(16-22-10-11-25-26(17-22)36-20-35-25)24(31)19-28-18-21-8-6-5-7-9-21/h5-11,17,23-24,28,31H,3-4,12-16,18-20H2,1-2H3,(H,29,32)/t23-,24+/m0/s1. The zero-order chi connectivity index (χ0) is 26.7. The third-order valence-corrected chi connectivity index (χ3v) is 8.03. The number of nitrogens with one attached hydrogen (secondary N) is 2. The summed E-state index contributed by atoms with van der Waals surface area (Å²) in [5, 5.41) is 17.1. The number of amides is 1. The SMILES string of the molecule is CCCN(CCC)S(=O)(=O)CCC(=O)N[C@@H](Cc1ccc2c(c1)OCO2)[C@H](O)CNCc1ccccc1. The van der Waals surface area contributed by atoms with E-state index in [4.69, 9.17) is 9.47 Å². The molecule has 204 valence electrons. The molecule has 0 radical (unpaired) electrons. The Hall–Kier alpha value is -2.66. The third kappa shape index (κ3) is 8.99. The average molecular weight is 534 g/mol. The predicted molar refractivity (Wildman–Crippen MR) is 143 cm³/mol. The largest absolute Gasteiger partial charge is 0.454 e. The van der Waals surface area contributed by atoms with Crippen molar-refractivity contribution in [3.63, 3.8) is 0 Å². The molecule has 0 aromatic heterocycles. The first-order valence-electron chi connectivity index (χ1n) is 12.9. The van der Waals surface area contributed by atoms with Gasteiger partial charge in [-0.25, -0.2) is 12.7 Å². The number of hydrogen-bond acceptors (Lipinski definition) is 7. The molecule has 3 N–H and O–H groups in total. The van der Waals surface area contributed by atoms with E-state index in [1.165, 1.54) is 4.31 Å². The van der Waals surface area contributed by atoms with E-state index in [0.717, 1.165) is 11.1 Å². The molecule has 0 spiro atoms. The molecule has 1 amide bonds. The molecular weight excluding hydrogens is 494 g/mol. The lowest BCUT2D eigenvalue weighted by Crippen LogP contribution is -2.49. The maximum atomic E-state index is 12.8. The number of rotatable bonds is 16. The Balaban J connectivity index is 1.63. The number of fused-ring (bicyclic) bond motifs is 1. The number of carbonyl (C=O) groups excluding carboxylic acids is 1. The number of carbonyl (C=O) groups is 1. The number of aliphatic hydroxyl groups is 1. The lowest BCUT2D eigenvalue weighted by molar-refractivity contribution is -0.122. The highest BCUT2D eigenvalue weighted by Crippen LogP contribution is 2.32. The molecule has 1 aliphatic heterocycles. The molecule has 1 heterocycles. The first-order valence-corrected chi connectivity index (χ1v) is 14.5. The zero-order valence-electron chi connectivity index (χ0n) is 21.7. The van der Waals surface area contributed by atoms with Crippen molar-refractivity contribution < 1.29 is 27.8 Å². The molecule has 0 aliphatic carbocycles. The van der Waals surface area contributed by atoms with Crippen molar-refractivity contribution in [3.05, 3.63) is 59.7 Å². The summed E-state index contributed by atoms with van der Waals surface area (Å²) in [6.45, 7) is 5.73. The van der Waals surface area contributed by atoms with E-state index >= 15 is 0 Å². The highest BCUT2D eigenvalue weighted by Gasteiger charge is 2.26. The summed E-state index contributed by atoms with van der Waals surface area (Å²) in [6, 6.07) is 14.7. The van der Waals surface area contributed by atoms with Crippen molar-refractivity contribution in [3.8, 4) is 11.5 Å². The molecule has 2 atom stereocenters. The van der Waals surface area contributed by atoms with Crippen LogP contribution in [0.5, 0.6) is 11.5 Å². The molecule has 1 aliphatic rings. The highest BCUT2D eigenvalue weighted by molar-refractivity contribution is 7.89. The van der Waals surface area contributed by atoms with Gasteiger partial charge in [0, 0.05) is 32.6 Å². The van der Waals surface area contributed by atoms with Crippen molar-refractivity contribution in [2.75, 3.05) is 32.2 Å². The van der Waals surface area contributed by atoms with Crippen LogP contribution in [0.3, 0.4) is 0 Å². The lowest BCUT2D eigenvalue weighted by Gasteiger charge is -2.25. The van der Waals surface area contributed by atoms with Gasteiger partial charge < -0.3 is 25.2 Å². The minimum absolute atomic E-state index is 0.159. The smallest absolute Gasteiger partial charge is 0.231 e. The van der Waals surface area contributed by atoms with Gasteiger partial charge in [0.2, 0.25) is 22.7 Å². The molecule has 0 bridgehead atoms. The molecule has 10 heteroatoms. The quantitative estimate of drug-likeness (QED) is 0.303. The van der Waals surface area contributed by atoms with Crippen LogP contribution < -0.4 is 20.1 Å². The Morgan fingerprint density at radius 1 is 1.03 bits per heavy atom. The Morgan fingerprint density at radius 3 is 2.43 bits per heavy atom. The lowest BCUT2D eigenvalue weighted by atomic mass is 10.00. The van der Waals surface area contributed by atoms with Gasteiger partial charge in [-0.3, -0.25) is 4.79 Å². The number of benzene rings is 2. The molecule has 0 unspecified atom stereocenters. The zero-order valence-corrected chi connectivity index (χ0v) is 22.5. The van der Waals surface area contributed by atoms with Gasteiger partial charge in [-0.05, 0) is 42.5 Å². The maximum absolute atomic E-state index is 12.8. The fraction of sp³-hybridized carbons (Fsp3) is 0.519. The van der Waals surface area contributed by atoms with Crippen molar-refractivity contribution in [1.82, 2.24) is 14.9 Å². The molecule has 9 nitrogen and oxygen atoms in total. The molecular formula is C27H39N3O6S. The van der Waals surface area contributed by atoms with Crippen LogP contribution in [0.15, 0.2) is 48.5 Å². The van der Waals surface area contributed by atoms with E-state index in [0.29, 0.717) is 50.4 Å². The monoisotopic (exact) mass is 533 g/mol. The molecule has 2 aromatic rings. The van der Waals surface area contributed by atoms with Crippen molar-refractivity contribution >= 4 is 15.9 Å². The molecule has 0 saturated heterocycles. The highest BCUT2D eigenvalue weighted by atomic mass is 32.2. The fourth-order valence-electron chi connectivity index (χ4n) is 4.23. The maximum Gasteiger partial charge on any atom is 0.231 e. The molecule has 0 saturated carbocycles. The second kappa shape index (κ2) is 14.3. The van der Waals surface area contributed by atoms with Gasteiger partial charge >= 0.3 is 0 Å². The van der Waals surface area contributed by atoms with E-state index in [2.05, 4.69) is 10.6 Å². The molecule has 2 aromatic carbocycles. The van der Waals surface area contributed by atoms with Gasteiger partial charge in [-0.1, -0.05) is 50.2 Å². The Kier molecular flexibility index (Phi) is 11.2. The van der Waals surface area contributed by atoms with Crippen LogP contribution in [-0.2, 0) is 27.8 Å². The fourth-order valence-corrected chi connectivity index (χ4v) is 5.85. The number of sulfonamides is 1. The van der Waals surface area contributed by atoms with Crippen molar-refractivity contribution in [2.45, 2.75) is 58.2 Å². The molecule has 37 heavy (non-hydrogen) atoms. The van der Waals surface area contributed by atoms with E-state index in [-0.39, 0.29) is 25.5 Å². The van der Waals surface area contributed by atoms with Crippen LogP contribution in [-0.4, -0.2) is 68.1 Å². The Morgan fingerprint density at radius 2 is 1.73 bits per heavy atom.